The highest BCUT2D eigenvalue weighted by atomic mass is 35.5. The molecule has 1 unspecified atom stereocenters. The molecule has 3 aromatic rings. The van der Waals surface area contributed by atoms with Crippen molar-refractivity contribution in [1.82, 2.24) is 9.78 Å². The van der Waals surface area contributed by atoms with Crippen molar-refractivity contribution in [3.63, 3.8) is 0 Å². The highest BCUT2D eigenvalue weighted by Gasteiger charge is 2.17. The summed E-state index contributed by atoms with van der Waals surface area (Å²) in [5, 5.41) is 8.12. The van der Waals surface area contributed by atoms with E-state index in [0.717, 1.165) is 22.4 Å². The molecule has 0 fully saturated rings. The molecule has 29 heavy (non-hydrogen) atoms. The van der Waals surface area contributed by atoms with E-state index in [1.807, 2.05) is 52.0 Å². The number of carbonyl (C=O) groups excluding carboxylic acids is 1. The zero-order chi connectivity index (χ0) is 21.1. The third kappa shape index (κ3) is 5.08. The molecule has 2 aromatic carbocycles. The van der Waals surface area contributed by atoms with Crippen LogP contribution in [0.15, 0.2) is 58.4 Å². The van der Waals surface area contributed by atoms with Crippen molar-refractivity contribution < 1.29 is 4.79 Å². The lowest BCUT2D eigenvalue weighted by Gasteiger charge is -2.14. The van der Waals surface area contributed by atoms with Crippen molar-refractivity contribution in [3.05, 3.63) is 80.6 Å². The number of hydrogen-bond donors (Lipinski definition) is 1. The number of thioether (sulfide) groups is 1. The molecule has 0 aliphatic carbocycles. The fraction of sp³-hybridized carbons (Fsp3) is 0.227. The van der Waals surface area contributed by atoms with E-state index in [2.05, 4.69) is 10.4 Å². The lowest BCUT2D eigenvalue weighted by Crippen LogP contribution is -2.24. The maximum Gasteiger partial charge on any atom is 0.271 e. The second-order valence-electron chi connectivity index (χ2n) is 6.92. The summed E-state index contributed by atoms with van der Waals surface area (Å²) in [7, 11) is 0. The molecule has 5 nitrogen and oxygen atoms in total. The van der Waals surface area contributed by atoms with Crippen molar-refractivity contribution in [2.45, 2.75) is 38.0 Å². The van der Waals surface area contributed by atoms with Crippen LogP contribution in [0.5, 0.6) is 0 Å². The summed E-state index contributed by atoms with van der Waals surface area (Å²) in [5.74, 6) is -0.123. The van der Waals surface area contributed by atoms with Crippen LogP contribution in [0.25, 0.3) is 5.69 Å². The van der Waals surface area contributed by atoms with Crippen LogP contribution in [0.3, 0.4) is 0 Å². The summed E-state index contributed by atoms with van der Waals surface area (Å²) >= 11 is 7.47. The van der Waals surface area contributed by atoms with Gasteiger partial charge in [0.05, 0.1) is 10.9 Å². The van der Waals surface area contributed by atoms with Crippen LogP contribution in [-0.4, -0.2) is 20.9 Å². The van der Waals surface area contributed by atoms with Crippen molar-refractivity contribution in [2.24, 2.45) is 0 Å². The van der Waals surface area contributed by atoms with Gasteiger partial charge in [-0.1, -0.05) is 41.6 Å². The van der Waals surface area contributed by atoms with Crippen molar-refractivity contribution in [1.29, 1.82) is 0 Å². The predicted octanol–water partition coefficient (Wildman–Crippen LogP) is 4.93. The first-order valence-electron chi connectivity index (χ1n) is 9.16. The molecule has 1 atom stereocenters. The number of aryl methyl sites for hydroxylation is 3. The van der Waals surface area contributed by atoms with E-state index >= 15 is 0 Å². The number of benzene rings is 2. The molecule has 0 aliphatic rings. The summed E-state index contributed by atoms with van der Waals surface area (Å²) in [6.45, 7) is 7.64. The van der Waals surface area contributed by atoms with Gasteiger partial charge in [-0.05, 0) is 68.7 Å². The molecule has 0 saturated carbocycles. The number of hydrogen-bond acceptors (Lipinski definition) is 4. The molecule has 3 rings (SSSR count). The second kappa shape index (κ2) is 8.84. The first-order chi connectivity index (χ1) is 13.7. The highest BCUT2D eigenvalue weighted by Crippen LogP contribution is 2.24. The van der Waals surface area contributed by atoms with Gasteiger partial charge in [0.1, 0.15) is 5.03 Å². The van der Waals surface area contributed by atoms with E-state index in [1.165, 1.54) is 22.5 Å². The smallest absolute Gasteiger partial charge is 0.271 e. The number of rotatable bonds is 5. The van der Waals surface area contributed by atoms with Gasteiger partial charge in [-0.15, -0.1) is 0 Å². The molecule has 0 bridgehead atoms. The Labute approximate surface area is 179 Å². The summed E-state index contributed by atoms with van der Waals surface area (Å²) < 4.78 is 1.29. The third-order valence-electron chi connectivity index (χ3n) is 4.49. The molecule has 1 amide bonds. The van der Waals surface area contributed by atoms with Gasteiger partial charge in [0.25, 0.3) is 5.56 Å². The topological polar surface area (TPSA) is 64.0 Å². The largest absolute Gasteiger partial charge is 0.325 e. The van der Waals surface area contributed by atoms with Gasteiger partial charge >= 0.3 is 0 Å². The van der Waals surface area contributed by atoms with Crippen molar-refractivity contribution in [3.8, 4) is 5.69 Å². The Morgan fingerprint density at radius 1 is 1.07 bits per heavy atom. The van der Waals surface area contributed by atoms with Gasteiger partial charge < -0.3 is 5.32 Å². The Morgan fingerprint density at radius 2 is 1.79 bits per heavy atom. The van der Waals surface area contributed by atoms with E-state index in [4.69, 9.17) is 11.6 Å². The first-order valence-corrected chi connectivity index (χ1v) is 10.4. The van der Waals surface area contributed by atoms with E-state index in [-0.39, 0.29) is 11.5 Å². The van der Waals surface area contributed by atoms with Gasteiger partial charge in [-0.3, -0.25) is 9.59 Å². The zero-order valence-electron chi connectivity index (χ0n) is 16.7. The fourth-order valence-electron chi connectivity index (χ4n) is 2.70. The molecule has 0 radical (unpaired) electrons. The Kier molecular flexibility index (Phi) is 6.45. The average Bonchev–Trinajstić information content (AvgIpc) is 2.68. The number of aromatic nitrogens is 2. The fourth-order valence-corrected chi connectivity index (χ4v) is 3.67. The maximum atomic E-state index is 12.6. The SMILES string of the molecule is Cc1ccc(C)c(NC(=O)C(C)Sc2ccc(=O)n(-c3ccc(C)c(Cl)c3)n2)c1. The molecule has 150 valence electrons. The van der Waals surface area contributed by atoms with Gasteiger partial charge in [0.2, 0.25) is 5.91 Å². The van der Waals surface area contributed by atoms with Crippen molar-refractivity contribution in [2.75, 3.05) is 5.32 Å². The van der Waals surface area contributed by atoms with Crippen molar-refractivity contribution >= 4 is 35.0 Å². The quantitative estimate of drug-likeness (QED) is 0.586. The molecular formula is C22H22ClN3O2S. The van der Waals surface area contributed by atoms with Crippen LogP contribution in [0, 0.1) is 20.8 Å². The second-order valence-corrected chi connectivity index (χ2v) is 8.69. The van der Waals surface area contributed by atoms with Crippen LogP contribution in [-0.2, 0) is 4.79 Å². The van der Waals surface area contributed by atoms with Gasteiger partial charge in [0.15, 0.2) is 0 Å². The van der Waals surface area contributed by atoms with Crippen LogP contribution in [0.1, 0.15) is 23.6 Å². The Morgan fingerprint density at radius 3 is 2.52 bits per heavy atom. The van der Waals surface area contributed by atoms with E-state index in [0.29, 0.717) is 15.7 Å². The normalized spacial score (nSPS) is 11.9. The van der Waals surface area contributed by atoms with E-state index < -0.39 is 5.25 Å². The van der Waals surface area contributed by atoms with Crippen LogP contribution >= 0.6 is 23.4 Å². The molecular weight excluding hydrogens is 406 g/mol. The molecule has 1 N–H and O–H groups in total. The number of nitrogens with zero attached hydrogens (tertiary/aromatic N) is 2. The van der Waals surface area contributed by atoms with Gasteiger partial charge in [-0.25, -0.2) is 0 Å². The first kappa shape index (κ1) is 21.1. The van der Waals surface area contributed by atoms with E-state index in [9.17, 15) is 9.59 Å². The average molecular weight is 428 g/mol. The summed E-state index contributed by atoms with van der Waals surface area (Å²) in [4.78, 5) is 24.9. The number of amides is 1. The van der Waals surface area contributed by atoms with Gasteiger partial charge in [0, 0.05) is 16.8 Å². The number of halogens is 1. The summed E-state index contributed by atoms with van der Waals surface area (Å²) in [5.41, 5.74) is 4.13. The Bertz CT molecular complexity index is 1130. The molecule has 0 spiro atoms. The lowest BCUT2D eigenvalue weighted by molar-refractivity contribution is -0.115. The van der Waals surface area contributed by atoms with Gasteiger partial charge in [-0.2, -0.15) is 9.78 Å². The maximum absolute atomic E-state index is 12.6. The summed E-state index contributed by atoms with van der Waals surface area (Å²) in [6.07, 6.45) is 0. The molecule has 1 heterocycles. The molecule has 7 heteroatoms. The minimum Gasteiger partial charge on any atom is -0.325 e. The Balaban J connectivity index is 1.79. The third-order valence-corrected chi connectivity index (χ3v) is 5.93. The molecule has 0 aliphatic heterocycles. The zero-order valence-corrected chi connectivity index (χ0v) is 18.3. The Hall–Kier alpha value is -2.57. The van der Waals surface area contributed by atoms with Crippen LogP contribution < -0.4 is 10.9 Å². The standard InChI is InChI=1S/C22H22ClN3O2S/c1-13-5-6-15(3)19(11-13)24-22(28)16(4)29-20-9-10-21(27)26(25-20)17-8-7-14(2)18(23)12-17/h5-12,16H,1-4H3,(H,24,28). The number of nitrogens with one attached hydrogen (secondary N) is 1. The van der Waals surface area contributed by atoms with E-state index in [1.54, 1.807) is 18.2 Å². The number of anilines is 1. The lowest BCUT2D eigenvalue weighted by atomic mass is 10.1. The minimum absolute atomic E-state index is 0.123. The monoisotopic (exact) mass is 427 g/mol. The highest BCUT2D eigenvalue weighted by molar-refractivity contribution is 8.00. The predicted molar refractivity (Wildman–Crippen MR) is 119 cm³/mol. The van der Waals surface area contributed by atoms with Crippen LogP contribution in [0.4, 0.5) is 5.69 Å². The summed E-state index contributed by atoms with van der Waals surface area (Å²) in [6, 6.07) is 14.3. The van der Waals surface area contributed by atoms with Crippen LogP contribution in [0.2, 0.25) is 5.02 Å². The number of carbonyl (C=O) groups is 1. The molecule has 0 saturated heterocycles. The molecule has 1 aromatic heterocycles. The minimum atomic E-state index is -0.394.